The van der Waals surface area contributed by atoms with Gasteiger partial charge in [0.25, 0.3) is 0 Å². The fourth-order valence-corrected chi connectivity index (χ4v) is 1.65. The third-order valence-corrected chi connectivity index (χ3v) is 2.83. The molecule has 0 aliphatic rings. The van der Waals surface area contributed by atoms with E-state index >= 15 is 0 Å². The molecule has 0 fully saturated rings. The van der Waals surface area contributed by atoms with Crippen molar-refractivity contribution in [2.75, 3.05) is 0 Å². The van der Waals surface area contributed by atoms with Crippen LogP contribution in [0.15, 0.2) is 59.2 Å². The topological polar surface area (TPSA) is 39.2 Å². The molecule has 0 N–H and O–H groups in total. The molecular formula is C15H12BrNO2. The SMILES string of the molecule is O=C(/C=C/c1ccc(Br)cn1)OCc1ccccc1. The molecule has 1 aromatic carbocycles. The molecule has 0 saturated carbocycles. The van der Waals surface area contributed by atoms with Crippen molar-refractivity contribution in [1.82, 2.24) is 4.98 Å². The van der Waals surface area contributed by atoms with Gasteiger partial charge in [-0.25, -0.2) is 4.79 Å². The van der Waals surface area contributed by atoms with Crippen LogP contribution in [0.3, 0.4) is 0 Å². The fourth-order valence-electron chi connectivity index (χ4n) is 1.42. The maximum absolute atomic E-state index is 11.5. The van der Waals surface area contributed by atoms with Crippen LogP contribution in [0.5, 0.6) is 0 Å². The second-order valence-electron chi connectivity index (χ2n) is 3.83. The Kier molecular flexibility index (Phi) is 4.86. The molecule has 2 rings (SSSR count). The number of hydrogen-bond donors (Lipinski definition) is 0. The summed E-state index contributed by atoms with van der Waals surface area (Å²) in [6.07, 6.45) is 4.67. The van der Waals surface area contributed by atoms with Crippen molar-refractivity contribution >= 4 is 28.0 Å². The highest BCUT2D eigenvalue weighted by atomic mass is 79.9. The number of carbonyl (C=O) groups is 1. The van der Waals surface area contributed by atoms with Crippen LogP contribution in [0.4, 0.5) is 0 Å². The standard InChI is InChI=1S/C15H12BrNO2/c16-13-6-7-14(17-10-13)8-9-15(18)19-11-12-4-2-1-3-5-12/h1-10H,11H2/b9-8+. The van der Waals surface area contributed by atoms with E-state index in [1.54, 1.807) is 12.3 Å². The molecule has 0 bridgehead atoms. The third kappa shape index (κ3) is 4.67. The second-order valence-corrected chi connectivity index (χ2v) is 4.74. The van der Waals surface area contributed by atoms with E-state index < -0.39 is 0 Å². The van der Waals surface area contributed by atoms with E-state index in [0.717, 1.165) is 10.0 Å². The van der Waals surface area contributed by atoms with Gasteiger partial charge in [-0.3, -0.25) is 4.98 Å². The van der Waals surface area contributed by atoms with Crippen molar-refractivity contribution in [3.8, 4) is 0 Å². The normalized spacial score (nSPS) is 10.6. The number of rotatable bonds is 4. The number of halogens is 1. The van der Waals surface area contributed by atoms with E-state index in [2.05, 4.69) is 20.9 Å². The average molecular weight is 318 g/mol. The molecule has 0 unspecified atom stereocenters. The van der Waals surface area contributed by atoms with Crippen LogP contribution in [0.1, 0.15) is 11.3 Å². The van der Waals surface area contributed by atoms with Crippen molar-refractivity contribution in [3.05, 3.63) is 70.5 Å². The molecule has 0 atom stereocenters. The van der Waals surface area contributed by atoms with E-state index in [1.165, 1.54) is 6.08 Å². The Morgan fingerprint density at radius 2 is 2.00 bits per heavy atom. The number of carbonyl (C=O) groups excluding carboxylic acids is 1. The number of benzene rings is 1. The van der Waals surface area contributed by atoms with Gasteiger partial charge in [0.15, 0.2) is 0 Å². The third-order valence-electron chi connectivity index (χ3n) is 2.36. The van der Waals surface area contributed by atoms with Crippen LogP contribution in [-0.2, 0) is 16.1 Å². The van der Waals surface area contributed by atoms with Gasteiger partial charge in [0.05, 0.1) is 5.69 Å². The highest BCUT2D eigenvalue weighted by Gasteiger charge is 1.98. The van der Waals surface area contributed by atoms with Crippen LogP contribution in [-0.4, -0.2) is 11.0 Å². The van der Waals surface area contributed by atoms with Gasteiger partial charge < -0.3 is 4.74 Å². The lowest BCUT2D eigenvalue weighted by molar-refractivity contribution is -0.138. The minimum absolute atomic E-state index is 0.276. The van der Waals surface area contributed by atoms with Gasteiger partial charge in [-0.2, -0.15) is 0 Å². The van der Waals surface area contributed by atoms with Gasteiger partial charge in [-0.05, 0) is 39.7 Å². The van der Waals surface area contributed by atoms with E-state index in [-0.39, 0.29) is 12.6 Å². The van der Waals surface area contributed by atoms with Gasteiger partial charge in [0.1, 0.15) is 6.61 Å². The number of esters is 1. The number of ether oxygens (including phenoxy) is 1. The maximum atomic E-state index is 11.5. The molecule has 1 heterocycles. The first-order valence-electron chi connectivity index (χ1n) is 5.74. The van der Waals surface area contributed by atoms with Crippen molar-refractivity contribution in [2.45, 2.75) is 6.61 Å². The lowest BCUT2D eigenvalue weighted by Gasteiger charge is -2.01. The molecule has 3 nitrogen and oxygen atoms in total. The zero-order valence-electron chi connectivity index (χ0n) is 10.1. The van der Waals surface area contributed by atoms with Crippen LogP contribution in [0.2, 0.25) is 0 Å². The quantitative estimate of drug-likeness (QED) is 0.639. The molecule has 0 spiro atoms. The highest BCUT2D eigenvalue weighted by molar-refractivity contribution is 9.10. The summed E-state index contributed by atoms with van der Waals surface area (Å²) in [4.78, 5) is 15.6. The molecule has 0 aliphatic carbocycles. The van der Waals surface area contributed by atoms with Gasteiger partial charge in [0, 0.05) is 16.7 Å². The minimum atomic E-state index is -0.381. The first-order valence-corrected chi connectivity index (χ1v) is 6.53. The van der Waals surface area contributed by atoms with Crippen molar-refractivity contribution in [3.63, 3.8) is 0 Å². The molecule has 0 radical (unpaired) electrons. The Morgan fingerprint density at radius 1 is 1.21 bits per heavy atom. The molecule has 0 saturated heterocycles. The van der Waals surface area contributed by atoms with Crippen molar-refractivity contribution in [1.29, 1.82) is 0 Å². The fraction of sp³-hybridized carbons (Fsp3) is 0.0667. The molecule has 1 aromatic heterocycles. The molecule has 4 heteroatoms. The Labute approximate surface area is 120 Å². The predicted octanol–water partition coefficient (Wildman–Crippen LogP) is 3.60. The van der Waals surface area contributed by atoms with Gasteiger partial charge in [-0.1, -0.05) is 30.3 Å². The predicted molar refractivity (Wildman–Crippen MR) is 77.2 cm³/mol. The Bertz CT molecular complexity index is 564. The summed E-state index contributed by atoms with van der Waals surface area (Å²) in [5.41, 5.74) is 1.67. The zero-order valence-corrected chi connectivity index (χ0v) is 11.7. The summed E-state index contributed by atoms with van der Waals surface area (Å²) in [7, 11) is 0. The van der Waals surface area contributed by atoms with Gasteiger partial charge >= 0.3 is 5.97 Å². The number of aromatic nitrogens is 1. The van der Waals surface area contributed by atoms with Crippen LogP contribution in [0, 0.1) is 0 Å². The number of pyridine rings is 1. The van der Waals surface area contributed by atoms with Crippen molar-refractivity contribution < 1.29 is 9.53 Å². The molecule has 0 aliphatic heterocycles. The molecule has 96 valence electrons. The van der Waals surface area contributed by atoms with Crippen LogP contribution < -0.4 is 0 Å². The maximum Gasteiger partial charge on any atom is 0.331 e. The molecule has 2 aromatic rings. The largest absolute Gasteiger partial charge is 0.458 e. The first kappa shape index (κ1) is 13.5. The monoisotopic (exact) mass is 317 g/mol. The van der Waals surface area contributed by atoms with Gasteiger partial charge in [0.2, 0.25) is 0 Å². The Morgan fingerprint density at radius 3 is 2.68 bits per heavy atom. The van der Waals surface area contributed by atoms with E-state index in [1.807, 2.05) is 42.5 Å². The summed E-state index contributed by atoms with van der Waals surface area (Å²) >= 11 is 3.30. The second kappa shape index (κ2) is 6.85. The van der Waals surface area contributed by atoms with E-state index in [4.69, 9.17) is 4.74 Å². The lowest BCUT2D eigenvalue weighted by atomic mass is 10.2. The summed E-state index contributed by atoms with van der Waals surface area (Å²) < 4.78 is 6.01. The average Bonchev–Trinajstić information content (AvgIpc) is 2.45. The zero-order chi connectivity index (χ0) is 13.5. The lowest BCUT2D eigenvalue weighted by Crippen LogP contribution is -2.00. The summed E-state index contributed by atoms with van der Waals surface area (Å²) in [6, 6.07) is 13.2. The molecular weight excluding hydrogens is 306 g/mol. The summed E-state index contributed by atoms with van der Waals surface area (Å²) in [5.74, 6) is -0.381. The number of hydrogen-bond acceptors (Lipinski definition) is 3. The van der Waals surface area contributed by atoms with Crippen LogP contribution >= 0.6 is 15.9 Å². The smallest absolute Gasteiger partial charge is 0.331 e. The summed E-state index contributed by atoms with van der Waals surface area (Å²) in [5, 5.41) is 0. The van der Waals surface area contributed by atoms with Crippen LogP contribution in [0.25, 0.3) is 6.08 Å². The highest BCUT2D eigenvalue weighted by Crippen LogP contribution is 2.08. The summed E-state index contributed by atoms with van der Waals surface area (Å²) in [6.45, 7) is 0.276. The van der Waals surface area contributed by atoms with E-state index in [9.17, 15) is 4.79 Å². The molecule has 0 amide bonds. The minimum Gasteiger partial charge on any atom is -0.458 e. The Hall–Kier alpha value is -1.94. The number of nitrogens with zero attached hydrogens (tertiary/aromatic N) is 1. The molecule has 19 heavy (non-hydrogen) atoms. The van der Waals surface area contributed by atoms with E-state index in [0.29, 0.717) is 5.69 Å². The first-order chi connectivity index (χ1) is 9.24. The Balaban J connectivity index is 1.86. The van der Waals surface area contributed by atoms with Crippen molar-refractivity contribution in [2.24, 2.45) is 0 Å². The van der Waals surface area contributed by atoms with Gasteiger partial charge in [-0.15, -0.1) is 0 Å².